The van der Waals surface area contributed by atoms with Crippen LogP contribution in [0, 0.1) is 5.92 Å². The van der Waals surface area contributed by atoms with Gasteiger partial charge in [0.2, 0.25) is 5.95 Å². The molecule has 3 N–H and O–H groups in total. The largest absolute Gasteiger partial charge is 0.368 e. The number of nitrogens with two attached hydrogens (primary N) is 1. The van der Waals surface area contributed by atoms with Gasteiger partial charge in [-0.25, -0.2) is 4.98 Å². The number of nitrogens with one attached hydrogen (secondary N) is 1. The Labute approximate surface area is 111 Å². The van der Waals surface area contributed by atoms with Crippen molar-refractivity contribution in [1.82, 2.24) is 24.8 Å². The van der Waals surface area contributed by atoms with Crippen LogP contribution < -0.4 is 10.6 Å². The Balaban J connectivity index is 1.99. The lowest BCUT2D eigenvalue weighted by Gasteiger charge is -2.22. The van der Waals surface area contributed by atoms with Crippen molar-refractivity contribution in [3.05, 3.63) is 6.33 Å². The molecule has 0 aromatic carbocycles. The maximum absolute atomic E-state index is 5.77. The molecule has 2 atom stereocenters. The number of rotatable bonds is 2. The van der Waals surface area contributed by atoms with Crippen LogP contribution >= 0.6 is 0 Å². The molecule has 1 aliphatic rings. The Morgan fingerprint density at radius 3 is 2.84 bits per heavy atom. The highest BCUT2D eigenvalue weighted by Crippen LogP contribution is 2.28. The van der Waals surface area contributed by atoms with Crippen LogP contribution in [0.25, 0.3) is 11.2 Å². The molecule has 0 aliphatic carbocycles. The van der Waals surface area contributed by atoms with Gasteiger partial charge in [-0.05, 0) is 20.0 Å². The van der Waals surface area contributed by atoms with Crippen LogP contribution in [0.5, 0.6) is 0 Å². The first kappa shape index (κ1) is 12.2. The Hall–Kier alpha value is -1.89. The maximum Gasteiger partial charge on any atom is 0.224 e. The van der Waals surface area contributed by atoms with E-state index in [0.717, 1.165) is 24.4 Å². The third kappa shape index (κ3) is 1.99. The molecule has 0 saturated carbocycles. The number of nitrogen functional groups attached to an aromatic ring is 1. The first-order valence-electron chi connectivity index (χ1n) is 6.44. The van der Waals surface area contributed by atoms with Crippen molar-refractivity contribution in [3.63, 3.8) is 0 Å². The Kier molecular flexibility index (Phi) is 2.78. The monoisotopic (exact) mass is 261 g/mol. The molecule has 2 aromatic heterocycles. The SMILES string of the molecule is CC1CN(c2nc(N)nc3nc[nH]c23)CC1N(C)C. The van der Waals surface area contributed by atoms with E-state index in [4.69, 9.17) is 5.73 Å². The number of H-pyrrole nitrogens is 1. The average molecular weight is 261 g/mol. The molecule has 102 valence electrons. The molecule has 2 aromatic rings. The minimum atomic E-state index is 0.274. The molecule has 3 rings (SSSR count). The van der Waals surface area contributed by atoms with Gasteiger partial charge in [0.25, 0.3) is 0 Å². The van der Waals surface area contributed by atoms with Gasteiger partial charge < -0.3 is 20.5 Å². The van der Waals surface area contributed by atoms with Gasteiger partial charge in [-0.1, -0.05) is 6.92 Å². The normalized spacial score (nSPS) is 23.7. The summed E-state index contributed by atoms with van der Waals surface area (Å²) < 4.78 is 0. The molecule has 7 nitrogen and oxygen atoms in total. The standard InChI is InChI=1S/C12H19N7/c1-7-4-19(5-8(7)18(2)3)11-9-10(15-6-14-9)16-12(13)17-11/h6-8H,4-5H2,1-3H3,(H3,13,14,15,16,17). The van der Waals surface area contributed by atoms with Crippen LogP contribution in [0.4, 0.5) is 11.8 Å². The highest BCUT2D eigenvalue weighted by Gasteiger charge is 2.33. The number of aromatic amines is 1. The zero-order valence-corrected chi connectivity index (χ0v) is 11.5. The summed E-state index contributed by atoms with van der Waals surface area (Å²) in [6.07, 6.45) is 1.63. The minimum Gasteiger partial charge on any atom is -0.368 e. The molecule has 19 heavy (non-hydrogen) atoms. The molecule has 1 aliphatic heterocycles. The van der Waals surface area contributed by atoms with E-state index in [1.54, 1.807) is 6.33 Å². The second-order valence-corrected chi connectivity index (χ2v) is 5.42. The number of anilines is 2. The van der Waals surface area contributed by atoms with Gasteiger partial charge in [-0.2, -0.15) is 9.97 Å². The Morgan fingerprint density at radius 1 is 1.37 bits per heavy atom. The lowest BCUT2D eigenvalue weighted by atomic mass is 10.1. The predicted octanol–water partition coefficient (Wildman–Crippen LogP) is 0.321. The van der Waals surface area contributed by atoms with Crippen molar-refractivity contribution >= 4 is 22.9 Å². The van der Waals surface area contributed by atoms with Crippen LogP contribution in [0.3, 0.4) is 0 Å². The maximum atomic E-state index is 5.77. The quantitative estimate of drug-likeness (QED) is 0.809. The zero-order valence-electron chi connectivity index (χ0n) is 11.5. The molecule has 7 heteroatoms. The summed E-state index contributed by atoms with van der Waals surface area (Å²) in [6, 6.07) is 0.522. The van der Waals surface area contributed by atoms with Crippen molar-refractivity contribution in [2.24, 2.45) is 5.92 Å². The molecule has 3 heterocycles. The van der Waals surface area contributed by atoms with Crippen molar-refractivity contribution < 1.29 is 0 Å². The third-order valence-electron chi connectivity index (χ3n) is 3.82. The van der Waals surface area contributed by atoms with E-state index in [-0.39, 0.29) is 5.95 Å². The van der Waals surface area contributed by atoms with Gasteiger partial charge in [0, 0.05) is 19.1 Å². The van der Waals surface area contributed by atoms with E-state index >= 15 is 0 Å². The predicted molar refractivity (Wildman–Crippen MR) is 74.9 cm³/mol. The highest BCUT2D eigenvalue weighted by atomic mass is 15.3. The average Bonchev–Trinajstić information content (AvgIpc) is 2.93. The molecule has 1 fully saturated rings. The Morgan fingerprint density at radius 2 is 2.16 bits per heavy atom. The van der Waals surface area contributed by atoms with Crippen LogP contribution in [0.15, 0.2) is 6.33 Å². The van der Waals surface area contributed by atoms with Crippen LogP contribution in [-0.2, 0) is 0 Å². The number of aromatic nitrogens is 4. The van der Waals surface area contributed by atoms with Gasteiger partial charge in [0.05, 0.1) is 6.33 Å². The molecule has 0 amide bonds. The summed E-state index contributed by atoms with van der Waals surface area (Å²) in [6.45, 7) is 4.17. The summed E-state index contributed by atoms with van der Waals surface area (Å²) >= 11 is 0. The van der Waals surface area contributed by atoms with Gasteiger partial charge in [0.15, 0.2) is 11.5 Å². The van der Waals surface area contributed by atoms with Crippen LogP contribution in [0.2, 0.25) is 0 Å². The van der Waals surface area contributed by atoms with E-state index < -0.39 is 0 Å². The van der Waals surface area contributed by atoms with E-state index in [9.17, 15) is 0 Å². The molecular formula is C12H19N7. The van der Waals surface area contributed by atoms with Crippen LogP contribution in [-0.4, -0.2) is 58.1 Å². The number of likely N-dealkylation sites (N-methyl/N-ethyl adjacent to an activating group) is 1. The fraction of sp³-hybridized carbons (Fsp3) is 0.583. The number of nitrogens with zero attached hydrogens (tertiary/aromatic N) is 5. The number of hydrogen-bond donors (Lipinski definition) is 2. The second-order valence-electron chi connectivity index (χ2n) is 5.42. The van der Waals surface area contributed by atoms with E-state index in [0.29, 0.717) is 17.6 Å². The topological polar surface area (TPSA) is 87.0 Å². The van der Waals surface area contributed by atoms with E-state index in [1.165, 1.54) is 0 Å². The summed E-state index contributed by atoms with van der Waals surface area (Å²) in [7, 11) is 4.23. The molecular weight excluding hydrogens is 242 g/mol. The van der Waals surface area contributed by atoms with E-state index in [1.807, 2.05) is 0 Å². The molecule has 0 radical (unpaired) electrons. The number of hydrogen-bond acceptors (Lipinski definition) is 6. The van der Waals surface area contributed by atoms with Gasteiger partial charge >= 0.3 is 0 Å². The molecule has 0 bridgehead atoms. The second kappa shape index (κ2) is 4.34. The summed E-state index contributed by atoms with van der Waals surface area (Å²) in [5.41, 5.74) is 7.26. The number of imidazole rings is 1. The molecule has 1 saturated heterocycles. The zero-order chi connectivity index (χ0) is 13.6. The van der Waals surface area contributed by atoms with Crippen molar-refractivity contribution in [3.8, 4) is 0 Å². The summed E-state index contributed by atoms with van der Waals surface area (Å²) in [5, 5.41) is 0. The smallest absolute Gasteiger partial charge is 0.224 e. The van der Waals surface area contributed by atoms with Crippen molar-refractivity contribution in [1.29, 1.82) is 0 Å². The van der Waals surface area contributed by atoms with E-state index in [2.05, 4.69) is 50.8 Å². The number of fused-ring (bicyclic) bond motifs is 1. The fourth-order valence-corrected chi connectivity index (χ4v) is 2.86. The van der Waals surface area contributed by atoms with Gasteiger partial charge in [-0.3, -0.25) is 0 Å². The van der Waals surface area contributed by atoms with Crippen molar-refractivity contribution in [2.45, 2.75) is 13.0 Å². The molecule has 2 unspecified atom stereocenters. The first-order valence-corrected chi connectivity index (χ1v) is 6.44. The molecule has 0 spiro atoms. The third-order valence-corrected chi connectivity index (χ3v) is 3.82. The minimum absolute atomic E-state index is 0.274. The van der Waals surface area contributed by atoms with Gasteiger partial charge in [0.1, 0.15) is 5.52 Å². The van der Waals surface area contributed by atoms with Gasteiger partial charge in [-0.15, -0.1) is 0 Å². The summed E-state index contributed by atoms with van der Waals surface area (Å²) in [5.74, 6) is 1.72. The summed E-state index contributed by atoms with van der Waals surface area (Å²) in [4.78, 5) is 20.3. The fourth-order valence-electron chi connectivity index (χ4n) is 2.86. The highest BCUT2D eigenvalue weighted by molar-refractivity contribution is 5.84. The first-order chi connectivity index (χ1) is 9.06. The van der Waals surface area contributed by atoms with Crippen LogP contribution in [0.1, 0.15) is 6.92 Å². The van der Waals surface area contributed by atoms with Crippen molar-refractivity contribution in [2.75, 3.05) is 37.8 Å². The lowest BCUT2D eigenvalue weighted by Crippen LogP contribution is -2.34. The lowest BCUT2D eigenvalue weighted by molar-refractivity contribution is 0.266. The Bertz CT molecular complexity index is 591.